The Labute approximate surface area is 256 Å². The maximum absolute atomic E-state index is 13.2. The van der Waals surface area contributed by atoms with Gasteiger partial charge in [-0.25, -0.2) is 4.98 Å². The summed E-state index contributed by atoms with van der Waals surface area (Å²) in [4.78, 5) is 33.2. The highest BCUT2D eigenvalue weighted by Gasteiger charge is 2.34. The molecule has 2 amide bonds. The number of nitrogens with one attached hydrogen (secondary N) is 2. The molecule has 0 aliphatic heterocycles. The average Bonchev–Trinajstić information content (AvgIpc) is 3.47. The van der Waals surface area contributed by atoms with Crippen LogP contribution < -0.4 is 10.6 Å². The number of carbonyl (C=O) groups excluding carboxylic acids is 2. The lowest BCUT2D eigenvalue weighted by Gasteiger charge is -2.33. The summed E-state index contributed by atoms with van der Waals surface area (Å²) in [7, 11) is 0. The monoisotopic (exact) mass is 599 g/mol. The molecule has 2 aliphatic rings. The molecular formula is C33H37N5O2S2. The molecule has 2 atom stereocenters. The molecule has 0 fully saturated rings. The highest BCUT2D eigenvalue weighted by Crippen LogP contribution is 2.45. The zero-order chi connectivity index (χ0) is 30.4. The van der Waals surface area contributed by atoms with E-state index in [0.717, 1.165) is 59.4 Å². The van der Waals surface area contributed by atoms with Gasteiger partial charge in [-0.3, -0.25) is 9.59 Å². The molecule has 2 unspecified atom stereocenters. The van der Waals surface area contributed by atoms with Crippen LogP contribution in [0.15, 0.2) is 18.2 Å². The van der Waals surface area contributed by atoms with Crippen LogP contribution in [0.4, 0.5) is 10.0 Å². The van der Waals surface area contributed by atoms with Gasteiger partial charge in [-0.05, 0) is 84.5 Å². The number of hydrogen-bond acceptors (Lipinski definition) is 7. The first kappa shape index (κ1) is 29.9. The quantitative estimate of drug-likeness (QED) is 0.318. The van der Waals surface area contributed by atoms with Crippen molar-refractivity contribution >= 4 is 44.5 Å². The normalized spacial score (nSPS) is 18.3. The summed E-state index contributed by atoms with van der Waals surface area (Å²) in [5.41, 5.74) is 3.67. The number of thiophene rings is 2. The van der Waals surface area contributed by atoms with Gasteiger partial charge in [0.25, 0.3) is 11.8 Å². The van der Waals surface area contributed by atoms with Crippen molar-refractivity contribution in [3.05, 3.63) is 61.6 Å². The summed E-state index contributed by atoms with van der Waals surface area (Å²) < 4.78 is 0. The SMILES string of the molecule is CC(C)(C)C1CCc2c(sc(NC(=O)c3cccc(C(=O)Nc4sc5c(c4C#N)CCC(C(C)(C)C)C5)n3)c2C#N)C1. The number of pyridine rings is 1. The molecule has 0 saturated heterocycles. The third-order valence-electron chi connectivity index (χ3n) is 8.87. The van der Waals surface area contributed by atoms with Gasteiger partial charge in [-0.1, -0.05) is 47.6 Å². The van der Waals surface area contributed by atoms with Crippen LogP contribution in [0.1, 0.15) is 107 Å². The van der Waals surface area contributed by atoms with Crippen molar-refractivity contribution in [2.24, 2.45) is 22.7 Å². The second-order valence-electron chi connectivity index (χ2n) is 13.6. The molecule has 9 heteroatoms. The Hall–Kier alpha value is -3.53. The first-order valence-electron chi connectivity index (χ1n) is 14.5. The van der Waals surface area contributed by atoms with Crippen LogP contribution in [0.2, 0.25) is 0 Å². The summed E-state index contributed by atoms with van der Waals surface area (Å²) >= 11 is 2.94. The molecule has 3 heterocycles. The Kier molecular flexibility index (Phi) is 8.04. The van der Waals surface area contributed by atoms with E-state index in [-0.39, 0.29) is 22.2 Å². The minimum absolute atomic E-state index is 0.0875. The lowest BCUT2D eigenvalue weighted by molar-refractivity contribution is 0.101. The van der Waals surface area contributed by atoms with Crippen LogP contribution in [-0.4, -0.2) is 16.8 Å². The van der Waals surface area contributed by atoms with E-state index in [2.05, 4.69) is 69.3 Å². The molecule has 2 aliphatic carbocycles. The number of carbonyl (C=O) groups is 2. The standard InChI is InChI=1S/C33H37N5O2S2/c1-32(2,3)18-10-12-20-22(16-34)30(41-26(20)14-18)37-28(39)24-8-7-9-25(36-24)29(40)38-31-23(17-35)21-13-11-19(33(4,5)6)15-27(21)42-31/h7-9,18-19H,10-15H2,1-6H3,(H,37,39)(H,38,40). The van der Waals surface area contributed by atoms with E-state index in [1.807, 2.05) is 0 Å². The van der Waals surface area contributed by atoms with Gasteiger partial charge in [0.1, 0.15) is 33.5 Å². The van der Waals surface area contributed by atoms with Gasteiger partial charge in [0.15, 0.2) is 0 Å². The zero-order valence-corrected chi connectivity index (χ0v) is 26.7. The lowest BCUT2D eigenvalue weighted by atomic mass is 9.72. The zero-order valence-electron chi connectivity index (χ0n) is 25.1. The van der Waals surface area contributed by atoms with Crippen molar-refractivity contribution in [3.8, 4) is 12.1 Å². The Morgan fingerprint density at radius 3 is 1.55 bits per heavy atom. The number of fused-ring (bicyclic) bond motifs is 2. The van der Waals surface area contributed by atoms with Gasteiger partial charge in [0.2, 0.25) is 0 Å². The third-order valence-corrected chi connectivity index (χ3v) is 11.2. The van der Waals surface area contributed by atoms with E-state index < -0.39 is 11.8 Å². The van der Waals surface area contributed by atoms with Gasteiger partial charge >= 0.3 is 0 Å². The Morgan fingerprint density at radius 1 is 0.786 bits per heavy atom. The van der Waals surface area contributed by atoms with Crippen LogP contribution in [0, 0.1) is 45.3 Å². The largest absolute Gasteiger partial charge is 0.311 e. The van der Waals surface area contributed by atoms with Crippen molar-refractivity contribution in [2.75, 3.05) is 10.6 Å². The molecule has 218 valence electrons. The molecule has 0 radical (unpaired) electrons. The smallest absolute Gasteiger partial charge is 0.274 e. The summed E-state index contributed by atoms with van der Waals surface area (Å²) in [6.07, 6.45) is 5.49. The molecule has 7 nitrogen and oxygen atoms in total. The number of hydrogen-bond donors (Lipinski definition) is 2. The van der Waals surface area contributed by atoms with Gasteiger partial charge < -0.3 is 10.6 Å². The summed E-state index contributed by atoms with van der Waals surface area (Å²) in [5, 5.41) is 26.7. The van der Waals surface area contributed by atoms with Crippen molar-refractivity contribution in [3.63, 3.8) is 0 Å². The first-order chi connectivity index (χ1) is 19.8. The Bertz CT molecular complexity index is 1520. The molecule has 42 heavy (non-hydrogen) atoms. The van der Waals surface area contributed by atoms with E-state index in [9.17, 15) is 20.1 Å². The average molecular weight is 600 g/mol. The summed E-state index contributed by atoms with van der Waals surface area (Å²) in [6.45, 7) is 13.5. The van der Waals surface area contributed by atoms with Gasteiger partial charge in [0, 0.05) is 9.75 Å². The summed E-state index contributed by atoms with van der Waals surface area (Å²) in [5.74, 6) is 0.103. The number of nitriles is 2. The maximum Gasteiger partial charge on any atom is 0.274 e. The van der Waals surface area contributed by atoms with Crippen LogP contribution in [0.25, 0.3) is 0 Å². The fraction of sp³-hybridized carbons (Fsp3) is 0.485. The van der Waals surface area contributed by atoms with Crippen molar-refractivity contribution in [1.29, 1.82) is 10.5 Å². The minimum atomic E-state index is -0.468. The van der Waals surface area contributed by atoms with Crippen molar-refractivity contribution < 1.29 is 9.59 Å². The number of nitrogens with zero attached hydrogens (tertiary/aromatic N) is 3. The number of amides is 2. The van der Waals surface area contributed by atoms with Gasteiger partial charge in [-0.2, -0.15) is 10.5 Å². The molecular weight excluding hydrogens is 563 g/mol. The predicted octanol–water partition coefficient (Wildman–Crippen LogP) is 7.75. The minimum Gasteiger partial charge on any atom is -0.311 e. The van der Waals surface area contributed by atoms with E-state index >= 15 is 0 Å². The van der Waals surface area contributed by atoms with Crippen LogP contribution in [0.5, 0.6) is 0 Å². The molecule has 5 rings (SSSR count). The maximum atomic E-state index is 13.2. The Balaban J connectivity index is 1.33. The lowest BCUT2D eigenvalue weighted by Crippen LogP contribution is -2.26. The molecule has 3 aromatic rings. The second-order valence-corrected chi connectivity index (χ2v) is 15.8. The summed E-state index contributed by atoms with van der Waals surface area (Å²) in [6, 6.07) is 9.33. The van der Waals surface area contributed by atoms with Crippen LogP contribution >= 0.6 is 22.7 Å². The molecule has 2 N–H and O–H groups in total. The van der Waals surface area contributed by atoms with E-state index in [0.29, 0.717) is 33.0 Å². The van der Waals surface area contributed by atoms with Gasteiger partial charge in [0.05, 0.1) is 11.1 Å². The molecule has 3 aromatic heterocycles. The predicted molar refractivity (Wildman–Crippen MR) is 168 cm³/mol. The highest BCUT2D eigenvalue weighted by atomic mass is 32.1. The van der Waals surface area contributed by atoms with Crippen molar-refractivity contribution in [1.82, 2.24) is 4.98 Å². The van der Waals surface area contributed by atoms with Crippen LogP contribution in [0.3, 0.4) is 0 Å². The molecule has 0 aromatic carbocycles. The fourth-order valence-electron chi connectivity index (χ4n) is 6.08. The fourth-order valence-corrected chi connectivity index (χ4v) is 8.63. The molecule has 0 bridgehead atoms. The highest BCUT2D eigenvalue weighted by molar-refractivity contribution is 7.17. The number of anilines is 2. The van der Waals surface area contributed by atoms with E-state index in [4.69, 9.17) is 0 Å². The second kappa shape index (κ2) is 11.3. The number of rotatable bonds is 4. The van der Waals surface area contributed by atoms with Crippen molar-refractivity contribution in [2.45, 2.75) is 80.1 Å². The van der Waals surface area contributed by atoms with E-state index in [1.54, 1.807) is 18.2 Å². The van der Waals surface area contributed by atoms with Gasteiger partial charge in [-0.15, -0.1) is 22.7 Å². The molecule has 0 saturated carbocycles. The third kappa shape index (κ3) is 5.86. The first-order valence-corrected chi connectivity index (χ1v) is 16.1. The molecule has 0 spiro atoms. The Morgan fingerprint density at radius 2 is 1.19 bits per heavy atom. The van der Waals surface area contributed by atoms with Crippen LogP contribution in [-0.2, 0) is 25.7 Å². The number of aromatic nitrogens is 1. The van der Waals surface area contributed by atoms with E-state index in [1.165, 1.54) is 22.7 Å². The topological polar surface area (TPSA) is 119 Å².